The van der Waals surface area contributed by atoms with Gasteiger partial charge in [-0.3, -0.25) is 4.79 Å². The third kappa shape index (κ3) is 4.67. The Kier molecular flexibility index (Phi) is 4.39. The van der Waals surface area contributed by atoms with Gasteiger partial charge >= 0.3 is 12.0 Å². The average molecular weight is 214 g/mol. The summed E-state index contributed by atoms with van der Waals surface area (Å²) in [6.07, 6.45) is 3.84. The minimum atomic E-state index is -0.831. The fraction of sp³-hybridized carbons (Fsp3) is 0.800. The van der Waals surface area contributed by atoms with E-state index in [1.807, 2.05) is 6.92 Å². The normalized spacial score (nSPS) is 17.7. The maximum atomic E-state index is 11.3. The van der Waals surface area contributed by atoms with Crippen LogP contribution < -0.4 is 10.6 Å². The topological polar surface area (TPSA) is 78.4 Å². The number of carbonyl (C=O) groups excluding carboxylic acids is 1. The summed E-state index contributed by atoms with van der Waals surface area (Å²) in [6, 6.07) is 0.0374. The van der Waals surface area contributed by atoms with Gasteiger partial charge in [-0.05, 0) is 32.6 Å². The Balaban J connectivity index is 2.09. The molecule has 1 unspecified atom stereocenters. The van der Waals surface area contributed by atoms with Crippen LogP contribution in [0.15, 0.2) is 0 Å². The second-order valence-corrected chi connectivity index (χ2v) is 4.08. The van der Waals surface area contributed by atoms with Crippen molar-refractivity contribution in [1.82, 2.24) is 10.6 Å². The summed E-state index contributed by atoms with van der Waals surface area (Å²) in [6.45, 7) is 1.81. The van der Waals surface area contributed by atoms with Crippen molar-refractivity contribution in [2.24, 2.45) is 0 Å². The first-order valence-corrected chi connectivity index (χ1v) is 5.36. The maximum absolute atomic E-state index is 11.3. The Bertz CT molecular complexity index is 239. The predicted octanol–water partition coefficient (Wildman–Crippen LogP) is 1.09. The number of carboxylic acids is 1. The second-order valence-electron chi connectivity index (χ2n) is 4.08. The van der Waals surface area contributed by atoms with Gasteiger partial charge in [0.25, 0.3) is 0 Å². The summed E-state index contributed by atoms with van der Waals surface area (Å²) in [4.78, 5) is 21.6. The van der Waals surface area contributed by atoms with Gasteiger partial charge in [0.05, 0.1) is 0 Å². The zero-order chi connectivity index (χ0) is 11.3. The van der Waals surface area contributed by atoms with E-state index in [1.54, 1.807) is 0 Å². The van der Waals surface area contributed by atoms with Crippen LogP contribution in [0, 0.1) is 0 Å². The molecule has 1 aliphatic rings. The van der Waals surface area contributed by atoms with Crippen LogP contribution in [0.4, 0.5) is 4.79 Å². The van der Waals surface area contributed by atoms with E-state index in [0.29, 0.717) is 12.5 Å². The molecular weight excluding hydrogens is 196 g/mol. The summed E-state index contributed by atoms with van der Waals surface area (Å²) in [5.74, 6) is -0.831. The molecule has 1 rings (SSSR count). The molecule has 0 saturated heterocycles. The van der Waals surface area contributed by atoms with Crippen molar-refractivity contribution in [1.29, 1.82) is 0 Å². The number of carboxylic acid groups (broad SMARTS) is 1. The molecule has 15 heavy (non-hydrogen) atoms. The first-order valence-electron chi connectivity index (χ1n) is 5.36. The lowest BCUT2D eigenvalue weighted by atomic mass is 9.93. The Labute approximate surface area is 89.2 Å². The van der Waals surface area contributed by atoms with E-state index in [2.05, 4.69) is 10.6 Å². The fourth-order valence-corrected chi connectivity index (χ4v) is 1.42. The van der Waals surface area contributed by atoms with E-state index in [0.717, 1.165) is 12.8 Å². The summed E-state index contributed by atoms with van der Waals surface area (Å²) in [7, 11) is 0. The molecule has 3 N–H and O–H groups in total. The third-order valence-corrected chi connectivity index (χ3v) is 2.61. The van der Waals surface area contributed by atoms with E-state index in [-0.39, 0.29) is 18.5 Å². The number of rotatable bonds is 5. The fourth-order valence-electron chi connectivity index (χ4n) is 1.42. The number of urea groups is 1. The van der Waals surface area contributed by atoms with Gasteiger partial charge in [-0.2, -0.15) is 0 Å². The molecule has 0 radical (unpaired) electrons. The van der Waals surface area contributed by atoms with Gasteiger partial charge in [0, 0.05) is 18.5 Å². The van der Waals surface area contributed by atoms with Gasteiger partial charge in [-0.1, -0.05) is 0 Å². The molecule has 86 valence electrons. The highest BCUT2D eigenvalue weighted by molar-refractivity contribution is 5.74. The average Bonchev–Trinajstić information content (AvgIpc) is 2.08. The molecule has 0 heterocycles. The molecule has 1 atom stereocenters. The Hall–Kier alpha value is -1.26. The van der Waals surface area contributed by atoms with Crippen molar-refractivity contribution in [3.63, 3.8) is 0 Å². The van der Waals surface area contributed by atoms with Crippen molar-refractivity contribution in [3.05, 3.63) is 0 Å². The van der Waals surface area contributed by atoms with E-state index in [9.17, 15) is 9.59 Å². The van der Waals surface area contributed by atoms with Crippen LogP contribution >= 0.6 is 0 Å². The summed E-state index contributed by atoms with van der Waals surface area (Å²) in [5.41, 5.74) is 0. The van der Waals surface area contributed by atoms with Gasteiger partial charge in [-0.25, -0.2) is 4.79 Å². The quantitative estimate of drug-likeness (QED) is 0.641. The van der Waals surface area contributed by atoms with Crippen LogP contribution in [-0.2, 0) is 4.79 Å². The molecular formula is C10H18N2O3. The molecule has 0 aliphatic heterocycles. The smallest absolute Gasteiger partial charge is 0.315 e. The number of carbonyl (C=O) groups is 2. The van der Waals surface area contributed by atoms with Crippen LogP contribution in [0.5, 0.6) is 0 Å². The van der Waals surface area contributed by atoms with Crippen molar-refractivity contribution >= 4 is 12.0 Å². The van der Waals surface area contributed by atoms with Gasteiger partial charge in [0.1, 0.15) is 0 Å². The largest absolute Gasteiger partial charge is 0.481 e. The van der Waals surface area contributed by atoms with Crippen molar-refractivity contribution in [3.8, 4) is 0 Å². The van der Waals surface area contributed by atoms with Gasteiger partial charge in [0.15, 0.2) is 0 Å². The van der Waals surface area contributed by atoms with Gasteiger partial charge in [-0.15, -0.1) is 0 Å². The summed E-state index contributed by atoms with van der Waals surface area (Å²) < 4.78 is 0. The van der Waals surface area contributed by atoms with Crippen LogP contribution in [0.3, 0.4) is 0 Å². The molecule has 0 spiro atoms. The molecule has 1 fully saturated rings. The molecule has 5 heteroatoms. The number of hydrogen-bond acceptors (Lipinski definition) is 2. The SMILES string of the molecule is CC(CCC(=O)O)NC(=O)NC1CCC1. The predicted molar refractivity (Wildman–Crippen MR) is 55.6 cm³/mol. The monoisotopic (exact) mass is 214 g/mol. The highest BCUT2D eigenvalue weighted by Crippen LogP contribution is 2.17. The van der Waals surface area contributed by atoms with Crippen molar-refractivity contribution in [2.45, 2.75) is 51.1 Å². The lowest BCUT2D eigenvalue weighted by Crippen LogP contribution is -2.47. The van der Waals surface area contributed by atoms with Crippen LogP contribution in [0.25, 0.3) is 0 Å². The lowest BCUT2D eigenvalue weighted by molar-refractivity contribution is -0.137. The van der Waals surface area contributed by atoms with E-state index in [4.69, 9.17) is 5.11 Å². The number of amides is 2. The Morgan fingerprint density at radius 3 is 2.60 bits per heavy atom. The van der Waals surface area contributed by atoms with Crippen molar-refractivity contribution < 1.29 is 14.7 Å². The lowest BCUT2D eigenvalue weighted by Gasteiger charge is -2.27. The highest BCUT2D eigenvalue weighted by atomic mass is 16.4. The van der Waals surface area contributed by atoms with E-state index >= 15 is 0 Å². The molecule has 0 aromatic rings. The first-order chi connectivity index (χ1) is 7.08. The summed E-state index contributed by atoms with van der Waals surface area (Å²) in [5, 5.41) is 14.0. The molecule has 1 aliphatic carbocycles. The molecule has 2 amide bonds. The van der Waals surface area contributed by atoms with Crippen LogP contribution in [-0.4, -0.2) is 29.2 Å². The molecule has 0 aromatic heterocycles. The molecule has 0 aromatic carbocycles. The number of aliphatic carboxylic acids is 1. The minimum Gasteiger partial charge on any atom is -0.481 e. The minimum absolute atomic E-state index is 0.0882. The molecule has 5 nitrogen and oxygen atoms in total. The standard InChI is InChI=1S/C10H18N2O3/c1-7(5-6-9(13)14)11-10(15)12-8-3-2-4-8/h7-8H,2-6H2,1H3,(H,13,14)(H2,11,12,15). The first kappa shape index (κ1) is 11.8. The second kappa shape index (κ2) is 5.58. The highest BCUT2D eigenvalue weighted by Gasteiger charge is 2.19. The molecule has 0 bridgehead atoms. The zero-order valence-corrected chi connectivity index (χ0v) is 8.95. The van der Waals surface area contributed by atoms with Crippen molar-refractivity contribution in [2.75, 3.05) is 0 Å². The van der Waals surface area contributed by atoms with E-state index in [1.165, 1.54) is 6.42 Å². The van der Waals surface area contributed by atoms with Crippen LogP contribution in [0.1, 0.15) is 39.0 Å². The summed E-state index contributed by atoms with van der Waals surface area (Å²) >= 11 is 0. The van der Waals surface area contributed by atoms with Gasteiger partial charge < -0.3 is 15.7 Å². The Morgan fingerprint density at radius 1 is 1.47 bits per heavy atom. The van der Waals surface area contributed by atoms with Crippen LogP contribution in [0.2, 0.25) is 0 Å². The number of nitrogens with one attached hydrogen (secondary N) is 2. The Morgan fingerprint density at radius 2 is 2.13 bits per heavy atom. The zero-order valence-electron chi connectivity index (χ0n) is 8.95. The number of hydrogen-bond donors (Lipinski definition) is 3. The van der Waals surface area contributed by atoms with E-state index < -0.39 is 5.97 Å². The van der Waals surface area contributed by atoms with Gasteiger partial charge in [0.2, 0.25) is 0 Å². The maximum Gasteiger partial charge on any atom is 0.315 e. The molecule has 1 saturated carbocycles. The third-order valence-electron chi connectivity index (χ3n) is 2.61.